The highest BCUT2D eigenvalue weighted by atomic mass is 32.2. The van der Waals surface area contributed by atoms with E-state index in [1.807, 2.05) is 11.8 Å². The molecule has 0 saturated carbocycles. The van der Waals surface area contributed by atoms with E-state index in [1.165, 1.54) is 18.5 Å². The standard InChI is InChI=1S/C10H13N5S/c1-10(3-2-4-16-10)9-14-6-7(11)12-5-13-8(6)15-9/h5H,2-4H2,1H3,(H3,11,12,13,14,15). The van der Waals surface area contributed by atoms with Gasteiger partial charge in [-0.15, -0.1) is 11.8 Å². The number of rotatable bonds is 1. The lowest BCUT2D eigenvalue weighted by Crippen LogP contribution is -2.14. The Kier molecular flexibility index (Phi) is 2.07. The van der Waals surface area contributed by atoms with Crippen molar-refractivity contribution >= 4 is 28.7 Å². The molecule has 1 unspecified atom stereocenters. The van der Waals surface area contributed by atoms with E-state index in [9.17, 15) is 0 Å². The minimum Gasteiger partial charge on any atom is -0.382 e. The summed E-state index contributed by atoms with van der Waals surface area (Å²) in [5.74, 6) is 2.63. The quantitative estimate of drug-likeness (QED) is 0.786. The molecule has 84 valence electrons. The van der Waals surface area contributed by atoms with Crippen molar-refractivity contribution in [2.24, 2.45) is 0 Å². The summed E-state index contributed by atoms with van der Waals surface area (Å²) in [5.41, 5.74) is 7.20. The van der Waals surface area contributed by atoms with Crippen LogP contribution in [0.15, 0.2) is 6.33 Å². The van der Waals surface area contributed by atoms with Gasteiger partial charge < -0.3 is 10.7 Å². The zero-order chi connectivity index (χ0) is 11.2. The summed E-state index contributed by atoms with van der Waals surface area (Å²) in [7, 11) is 0. The summed E-state index contributed by atoms with van der Waals surface area (Å²) in [5, 5.41) is 0. The third-order valence-electron chi connectivity index (χ3n) is 3.04. The number of nitrogens with two attached hydrogens (primary N) is 1. The summed E-state index contributed by atoms with van der Waals surface area (Å²) in [6.07, 6.45) is 3.83. The maximum Gasteiger partial charge on any atom is 0.183 e. The van der Waals surface area contributed by atoms with E-state index in [1.54, 1.807) is 0 Å². The summed E-state index contributed by atoms with van der Waals surface area (Å²) < 4.78 is 0.0765. The Morgan fingerprint density at radius 1 is 1.50 bits per heavy atom. The van der Waals surface area contributed by atoms with Gasteiger partial charge in [-0.25, -0.2) is 15.0 Å². The van der Waals surface area contributed by atoms with Crippen LogP contribution in [0.2, 0.25) is 0 Å². The molecule has 0 bridgehead atoms. The number of nitrogens with zero attached hydrogens (tertiary/aromatic N) is 3. The number of anilines is 1. The molecule has 0 spiro atoms. The van der Waals surface area contributed by atoms with Gasteiger partial charge in [-0.3, -0.25) is 0 Å². The number of imidazole rings is 1. The van der Waals surface area contributed by atoms with E-state index in [2.05, 4.69) is 26.9 Å². The molecule has 0 amide bonds. The van der Waals surface area contributed by atoms with Crippen LogP contribution in [0.25, 0.3) is 11.2 Å². The number of H-pyrrole nitrogens is 1. The number of nitrogens with one attached hydrogen (secondary N) is 1. The van der Waals surface area contributed by atoms with Crippen molar-refractivity contribution in [3.05, 3.63) is 12.2 Å². The molecule has 3 rings (SSSR count). The van der Waals surface area contributed by atoms with Gasteiger partial charge in [-0.1, -0.05) is 0 Å². The van der Waals surface area contributed by atoms with Crippen molar-refractivity contribution < 1.29 is 0 Å². The molecule has 3 N–H and O–H groups in total. The monoisotopic (exact) mass is 235 g/mol. The minimum absolute atomic E-state index is 0.0765. The lowest BCUT2D eigenvalue weighted by Gasteiger charge is -2.18. The van der Waals surface area contributed by atoms with Crippen LogP contribution < -0.4 is 5.73 Å². The van der Waals surface area contributed by atoms with Gasteiger partial charge in [0.25, 0.3) is 0 Å². The topological polar surface area (TPSA) is 80.5 Å². The van der Waals surface area contributed by atoms with Gasteiger partial charge in [0.05, 0.1) is 4.75 Å². The molecule has 1 aliphatic heterocycles. The molecular formula is C10H13N5S. The predicted octanol–water partition coefficient (Wildman–Crippen LogP) is 1.68. The van der Waals surface area contributed by atoms with Gasteiger partial charge in [-0.05, 0) is 25.5 Å². The molecule has 6 heteroatoms. The molecule has 1 fully saturated rings. The summed E-state index contributed by atoms with van der Waals surface area (Å²) >= 11 is 1.94. The second-order valence-corrected chi connectivity index (χ2v) is 5.82. The maximum absolute atomic E-state index is 5.78. The number of aromatic nitrogens is 4. The second kappa shape index (κ2) is 3.35. The van der Waals surface area contributed by atoms with Crippen molar-refractivity contribution in [3.63, 3.8) is 0 Å². The van der Waals surface area contributed by atoms with E-state index >= 15 is 0 Å². The van der Waals surface area contributed by atoms with E-state index in [-0.39, 0.29) is 4.75 Å². The smallest absolute Gasteiger partial charge is 0.183 e. The molecule has 16 heavy (non-hydrogen) atoms. The molecule has 1 aliphatic rings. The average molecular weight is 235 g/mol. The molecule has 1 saturated heterocycles. The fraction of sp³-hybridized carbons (Fsp3) is 0.500. The van der Waals surface area contributed by atoms with Crippen LogP contribution in [0, 0.1) is 0 Å². The summed E-state index contributed by atoms with van der Waals surface area (Å²) in [6.45, 7) is 2.21. The Labute approximate surface area is 97.3 Å². The highest BCUT2D eigenvalue weighted by Gasteiger charge is 2.34. The van der Waals surface area contributed by atoms with Crippen LogP contribution in [-0.2, 0) is 4.75 Å². The summed E-state index contributed by atoms with van der Waals surface area (Å²) in [6, 6.07) is 0. The maximum atomic E-state index is 5.78. The highest BCUT2D eigenvalue weighted by molar-refractivity contribution is 8.00. The third kappa shape index (κ3) is 1.36. The Balaban J connectivity index is 2.15. The van der Waals surface area contributed by atoms with Crippen molar-refractivity contribution in [2.75, 3.05) is 11.5 Å². The van der Waals surface area contributed by atoms with Gasteiger partial charge in [0.15, 0.2) is 11.5 Å². The first kappa shape index (κ1) is 9.89. The van der Waals surface area contributed by atoms with E-state index in [0.29, 0.717) is 11.5 Å². The van der Waals surface area contributed by atoms with Gasteiger partial charge in [0.1, 0.15) is 17.7 Å². The molecule has 0 radical (unpaired) electrons. The van der Waals surface area contributed by atoms with E-state index < -0.39 is 0 Å². The SMILES string of the molecule is CC1(c2nc3ncnc(N)c3[nH]2)CCCS1. The Morgan fingerprint density at radius 2 is 2.38 bits per heavy atom. The Bertz CT molecular complexity index is 529. The zero-order valence-corrected chi connectivity index (χ0v) is 9.84. The third-order valence-corrected chi connectivity index (χ3v) is 4.56. The van der Waals surface area contributed by atoms with Crippen LogP contribution in [0.5, 0.6) is 0 Å². The number of hydrogen-bond acceptors (Lipinski definition) is 5. The van der Waals surface area contributed by atoms with Gasteiger partial charge in [0, 0.05) is 0 Å². The summed E-state index contributed by atoms with van der Waals surface area (Å²) in [4.78, 5) is 15.9. The van der Waals surface area contributed by atoms with Crippen LogP contribution in [-0.4, -0.2) is 25.7 Å². The zero-order valence-electron chi connectivity index (χ0n) is 9.03. The lowest BCUT2D eigenvalue weighted by molar-refractivity contribution is 0.614. The molecule has 1 atom stereocenters. The Hall–Kier alpha value is -1.30. The number of fused-ring (bicyclic) bond motifs is 1. The highest BCUT2D eigenvalue weighted by Crippen LogP contribution is 2.45. The molecule has 2 aromatic heterocycles. The molecular weight excluding hydrogens is 222 g/mol. The Morgan fingerprint density at radius 3 is 3.06 bits per heavy atom. The number of nitrogen functional groups attached to an aromatic ring is 1. The number of thioether (sulfide) groups is 1. The van der Waals surface area contributed by atoms with Crippen LogP contribution in [0.3, 0.4) is 0 Å². The van der Waals surface area contributed by atoms with Crippen LogP contribution in [0.4, 0.5) is 5.82 Å². The first-order chi connectivity index (χ1) is 7.69. The van der Waals surface area contributed by atoms with Gasteiger partial charge in [-0.2, -0.15) is 0 Å². The van der Waals surface area contributed by atoms with Crippen molar-refractivity contribution in [3.8, 4) is 0 Å². The fourth-order valence-corrected chi connectivity index (χ4v) is 3.32. The molecule has 0 aliphatic carbocycles. The molecule has 5 nitrogen and oxygen atoms in total. The number of hydrogen-bond donors (Lipinski definition) is 2. The fourth-order valence-electron chi connectivity index (χ4n) is 2.06. The normalized spacial score (nSPS) is 25.3. The van der Waals surface area contributed by atoms with Crippen LogP contribution >= 0.6 is 11.8 Å². The second-order valence-electron chi connectivity index (χ2n) is 4.23. The predicted molar refractivity (Wildman–Crippen MR) is 65.1 cm³/mol. The van der Waals surface area contributed by atoms with E-state index in [4.69, 9.17) is 5.73 Å². The lowest BCUT2D eigenvalue weighted by atomic mass is 10.1. The largest absolute Gasteiger partial charge is 0.382 e. The van der Waals surface area contributed by atoms with Gasteiger partial charge in [0.2, 0.25) is 0 Å². The minimum atomic E-state index is 0.0765. The average Bonchev–Trinajstić information content (AvgIpc) is 2.85. The first-order valence-electron chi connectivity index (χ1n) is 5.30. The number of aromatic amines is 1. The molecule has 0 aromatic carbocycles. The van der Waals surface area contributed by atoms with Crippen molar-refractivity contribution in [2.45, 2.75) is 24.5 Å². The van der Waals surface area contributed by atoms with E-state index in [0.717, 1.165) is 17.8 Å². The van der Waals surface area contributed by atoms with Crippen LogP contribution in [0.1, 0.15) is 25.6 Å². The van der Waals surface area contributed by atoms with Crippen molar-refractivity contribution in [1.82, 2.24) is 19.9 Å². The van der Waals surface area contributed by atoms with Crippen molar-refractivity contribution in [1.29, 1.82) is 0 Å². The first-order valence-corrected chi connectivity index (χ1v) is 6.28. The van der Waals surface area contributed by atoms with Gasteiger partial charge >= 0.3 is 0 Å². The molecule has 3 heterocycles. The molecule has 2 aromatic rings.